The number of nitrogens with zero attached hydrogens (tertiary/aromatic N) is 1. The summed E-state index contributed by atoms with van der Waals surface area (Å²) >= 11 is 7.63. The first-order valence-corrected chi connectivity index (χ1v) is 11.9. The van der Waals surface area contributed by atoms with E-state index in [2.05, 4.69) is 15.8 Å². The van der Waals surface area contributed by atoms with E-state index in [1.165, 1.54) is 24.7 Å². The number of hydrogen-bond donors (Lipinski definition) is 2. The predicted octanol–water partition coefficient (Wildman–Crippen LogP) is 4.66. The highest BCUT2D eigenvalue weighted by Gasteiger charge is 2.19. The lowest BCUT2D eigenvalue weighted by Gasteiger charge is -2.07. The van der Waals surface area contributed by atoms with Crippen LogP contribution in [0.1, 0.15) is 25.6 Å². The molecular formula is C26H20ClN3O5S. The van der Waals surface area contributed by atoms with Crippen LogP contribution in [0.4, 0.5) is 0 Å². The Morgan fingerprint density at radius 3 is 2.47 bits per heavy atom. The molecule has 0 aliphatic rings. The van der Waals surface area contributed by atoms with Gasteiger partial charge in [0.05, 0.1) is 24.9 Å². The number of rotatable bonds is 8. The topological polar surface area (TPSA) is 106 Å². The van der Waals surface area contributed by atoms with Gasteiger partial charge in [-0.05, 0) is 42.5 Å². The van der Waals surface area contributed by atoms with Gasteiger partial charge in [0.2, 0.25) is 0 Å². The van der Waals surface area contributed by atoms with Crippen LogP contribution in [0, 0.1) is 0 Å². The molecule has 0 aliphatic heterocycles. The molecule has 10 heteroatoms. The number of thiophene rings is 1. The largest absolute Gasteiger partial charge is 0.497 e. The Balaban J connectivity index is 1.34. The molecule has 2 N–H and O–H groups in total. The van der Waals surface area contributed by atoms with E-state index in [1.807, 2.05) is 24.3 Å². The fourth-order valence-electron chi connectivity index (χ4n) is 3.19. The number of para-hydroxylation sites is 1. The minimum atomic E-state index is -0.590. The number of benzene rings is 3. The standard InChI is InChI=1S/C26H20ClN3O5S/c1-34-18-12-10-16(11-13-18)25(32)28-15-22(31)30-29-14-17-6-2-4-8-20(17)35-26(33)24-23(27)19-7-3-5-9-21(19)36-24/h2-14H,15H2,1H3,(H,28,32)(H,30,31). The van der Waals surface area contributed by atoms with E-state index in [0.717, 1.165) is 10.1 Å². The number of esters is 1. The van der Waals surface area contributed by atoms with Gasteiger partial charge in [0.1, 0.15) is 16.4 Å². The van der Waals surface area contributed by atoms with Crippen LogP contribution in [0.25, 0.3) is 10.1 Å². The maximum atomic E-state index is 12.8. The van der Waals surface area contributed by atoms with Crippen LogP contribution in [0.15, 0.2) is 77.9 Å². The molecular weight excluding hydrogens is 502 g/mol. The average Bonchev–Trinajstić information content (AvgIpc) is 3.25. The number of ether oxygens (including phenoxy) is 2. The van der Waals surface area contributed by atoms with E-state index in [9.17, 15) is 14.4 Å². The number of hydrogen-bond acceptors (Lipinski definition) is 7. The zero-order valence-electron chi connectivity index (χ0n) is 19.0. The van der Waals surface area contributed by atoms with Crippen LogP contribution >= 0.6 is 22.9 Å². The van der Waals surface area contributed by atoms with Gasteiger partial charge in [0.25, 0.3) is 11.8 Å². The van der Waals surface area contributed by atoms with Crippen molar-refractivity contribution in [3.05, 3.63) is 93.8 Å². The SMILES string of the molecule is COc1ccc(C(=O)NCC(=O)NN=Cc2ccccc2OC(=O)c2sc3ccccc3c2Cl)cc1. The summed E-state index contributed by atoms with van der Waals surface area (Å²) in [5.74, 6) is -0.653. The molecule has 4 rings (SSSR count). The highest BCUT2D eigenvalue weighted by Crippen LogP contribution is 2.36. The van der Waals surface area contributed by atoms with Crippen LogP contribution in [0.2, 0.25) is 5.02 Å². The van der Waals surface area contributed by atoms with E-state index in [4.69, 9.17) is 21.1 Å². The van der Waals surface area contributed by atoms with Crippen molar-refractivity contribution in [3.63, 3.8) is 0 Å². The van der Waals surface area contributed by atoms with Crippen LogP contribution in [-0.4, -0.2) is 37.7 Å². The molecule has 0 saturated carbocycles. The van der Waals surface area contributed by atoms with Gasteiger partial charge >= 0.3 is 5.97 Å². The summed E-state index contributed by atoms with van der Waals surface area (Å²) < 4.78 is 11.5. The van der Waals surface area contributed by atoms with Gasteiger partial charge in [-0.2, -0.15) is 5.10 Å². The fraction of sp³-hybridized carbons (Fsp3) is 0.0769. The van der Waals surface area contributed by atoms with Crippen molar-refractivity contribution in [2.45, 2.75) is 0 Å². The molecule has 0 fully saturated rings. The zero-order chi connectivity index (χ0) is 25.5. The van der Waals surface area contributed by atoms with E-state index in [1.54, 1.807) is 48.5 Å². The van der Waals surface area contributed by atoms with Crippen molar-refractivity contribution < 1.29 is 23.9 Å². The molecule has 182 valence electrons. The quantitative estimate of drug-likeness (QED) is 0.152. The van der Waals surface area contributed by atoms with Crippen LogP contribution < -0.4 is 20.2 Å². The van der Waals surface area contributed by atoms with Crippen LogP contribution in [0.5, 0.6) is 11.5 Å². The third-order valence-corrected chi connectivity index (χ3v) is 6.65. The Morgan fingerprint density at radius 2 is 1.72 bits per heavy atom. The number of hydrazone groups is 1. The maximum Gasteiger partial charge on any atom is 0.355 e. The van der Waals surface area contributed by atoms with Crippen molar-refractivity contribution in [3.8, 4) is 11.5 Å². The second kappa shape index (κ2) is 11.5. The molecule has 0 unspecified atom stereocenters. The summed E-state index contributed by atoms with van der Waals surface area (Å²) in [6.07, 6.45) is 1.35. The summed E-state index contributed by atoms with van der Waals surface area (Å²) in [6, 6.07) is 20.7. The Kier molecular flexibility index (Phi) is 7.94. The van der Waals surface area contributed by atoms with Crippen molar-refractivity contribution in [2.24, 2.45) is 5.10 Å². The minimum absolute atomic E-state index is 0.252. The van der Waals surface area contributed by atoms with Crippen molar-refractivity contribution >= 4 is 57.0 Å². The smallest absolute Gasteiger partial charge is 0.355 e. The van der Waals surface area contributed by atoms with Gasteiger partial charge in [0, 0.05) is 21.2 Å². The monoisotopic (exact) mass is 521 g/mol. The van der Waals surface area contributed by atoms with Gasteiger partial charge in [-0.15, -0.1) is 11.3 Å². The first kappa shape index (κ1) is 24.9. The molecule has 0 spiro atoms. The first-order chi connectivity index (χ1) is 17.5. The number of nitrogens with one attached hydrogen (secondary N) is 2. The number of carbonyl (C=O) groups excluding carboxylic acids is 3. The van der Waals surface area contributed by atoms with E-state index in [0.29, 0.717) is 26.8 Å². The Hall–Kier alpha value is -4.21. The molecule has 0 bridgehead atoms. The molecule has 3 aromatic carbocycles. The summed E-state index contributed by atoms with van der Waals surface area (Å²) in [6.45, 7) is -0.275. The Bertz CT molecular complexity index is 1450. The normalized spacial score (nSPS) is 10.8. The minimum Gasteiger partial charge on any atom is -0.497 e. The molecule has 0 saturated heterocycles. The molecule has 0 atom stereocenters. The molecule has 1 aromatic heterocycles. The first-order valence-electron chi connectivity index (χ1n) is 10.7. The van der Waals surface area contributed by atoms with E-state index >= 15 is 0 Å². The highest BCUT2D eigenvalue weighted by molar-refractivity contribution is 7.21. The van der Waals surface area contributed by atoms with E-state index in [-0.39, 0.29) is 12.3 Å². The predicted molar refractivity (Wildman–Crippen MR) is 139 cm³/mol. The van der Waals surface area contributed by atoms with Gasteiger partial charge < -0.3 is 14.8 Å². The maximum absolute atomic E-state index is 12.8. The summed E-state index contributed by atoms with van der Waals surface area (Å²) in [4.78, 5) is 37.3. The number of fused-ring (bicyclic) bond motifs is 1. The highest BCUT2D eigenvalue weighted by atomic mass is 35.5. The van der Waals surface area contributed by atoms with E-state index < -0.39 is 17.8 Å². The number of carbonyl (C=O) groups is 3. The van der Waals surface area contributed by atoms with Crippen LogP contribution in [-0.2, 0) is 4.79 Å². The molecule has 36 heavy (non-hydrogen) atoms. The number of methoxy groups -OCH3 is 1. The molecule has 0 aliphatic carbocycles. The summed E-state index contributed by atoms with van der Waals surface area (Å²) in [5.41, 5.74) is 3.19. The Labute approximate surface area is 215 Å². The lowest BCUT2D eigenvalue weighted by atomic mass is 10.2. The molecule has 8 nitrogen and oxygen atoms in total. The van der Waals surface area contributed by atoms with Gasteiger partial charge in [-0.25, -0.2) is 10.2 Å². The molecule has 1 heterocycles. The third-order valence-electron chi connectivity index (χ3n) is 5.00. The molecule has 2 amide bonds. The number of halogens is 1. The summed E-state index contributed by atoms with van der Waals surface area (Å²) in [5, 5.41) is 7.54. The van der Waals surface area contributed by atoms with Gasteiger partial charge in [-0.1, -0.05) is 41.9 Å². The zero-order valence-corrected chi connectivity index (χ0v) is 20.6. The van der Waals surface area contributed by atoms with Gasteiger partial charge in [0.15, 0.2) is 0 Å². The van der Waals surface area contributed by atoms with Crippen molar-refractivity contribution in [1.82, 2.24) is 10.7 Å². The van der Waals surface area contributed by atoms with Crippen molar-refractivity contribution in [1.29, 1.82) is 0 Å². The molecule has 4 aromatic rings. The molecule has 0 radical (unpaired) electrons. The van der Waals surface area contributed by atoms with Crippen molar-refractivity contribution in [2.75, 3.05) is 13.7 Å². The van der Waals surface area contributed by atoms with Crippen LogP contribution in [0.3, 0.4) is 0 Å². The Morgan fingerprint density at radius 1 is 1.00 bits per heavy atom. The second-order valence-electron chi connectivity index (χ2n) is 7.37. The lowest BCUT2D eigenvalue weighted by Crippen LogP contribution is -2.34. The average molecular weight is 522 g/mol. The second-order valence-corrected chi connectivity index (χ2v) is 8.80. The summed E-state index contributed by atoms with van der Waals surface area (Å²) in [7, 11) is 1.53. The lowest BCUT2D eigenvalue weighted by molar-refractivity contribution is -0.120. The van der Waals surface area contributed by atoms with Gasteiger partial charge in [-0.3, -0.25) is 9.59 Å². The fourth-order valence-corrected chi connectivity index (χ4v) is 4.57. The number of amides is 2. The third kappa shape index (κ3) is 5.88.